The quantitative estimate of drug-likeness (QED) is 0.808. The Hall–Kier alpha value is -1.44. The average molecular weight is 326 g/mol. The highest BCUT2D eigenvalue weighted by Gasteiger charge is 2.27. The van der Waals surface area contributed by atoms with Gasteiger partial charge >= 0.3 is 5.97 Å². The Balaban J connectivity index is 2.27. The van der Waals surface area contributed by atoms with Crippen LogP contribution in [0.5, 0.6) is 0 Å². The number of rotatable bonds is 4. The molecule has 7 heteroatoms. The predicted molar refractivity (Wildman–Crippen MR) is 83.3 cm³/mol. The van der Waals surface area contributed by atoms with Crippen LogP contribution in [0, 0.1) is 12.8 Å². The highest BCUT2D eigenvalue weighted by molar-refractivity contribution is 7.89. The Labute approximate surface area is 131 Å². The molecule has 2 rings (SSSR count). The van der Waals surface area contributed by atoms with Gasteiger partial charge < -0.3 is 10.1 Å². The lowest BCUT2D eigenvalue weighted by Gasteiger charge is -2.30. The zero-order chi connectivity index (χ0) is 16.3. The molecule has 1 saturated heterocycles. The number of esters is 1. The molecule has 0 spiro atoms. The summed E-state index contributed by atoms with van der Waals surface area (Å²) >= 11 is 0. The molecule has 1 heterocycles. The normalized spacial score (nSPS) is 22.3. The summed E-state index contributed by atoms with van der Waals surface area (Å²) in [5.41, 5.74) is 0.943. The highest BCUT2D eigenvalue weighted by Crippen LogP contribution is 2.19. The third-order valence-corrected chi connectivity index (χ3v) is 5.55. The first-order valence-corrected chi connectivity index (χ1v) is 8.75. The van der Waals surface area contributed by atoms with Gasteiger partial charge in [-0.1, -0.05) is 13.0 Å². The number of carbonyl (C=O) groups is 1. The standard InChI is InChI=1S/C15H22N2O4S/c1-10-4-5-12(8-13(10)15(18)21-3)22(19,20)17-14-9-16-7-6-11(14)2/h4-5,8,11,14,16-17H,6-7,9H2,1-3H3. The van der Waals surface area contributed by atoms with Crippen molar-refractivity contribution in [2.75, 3.05) is 20.2 Å². The summed E-state index contributed by atoms with van der Waals surface area (Å²) in [6.45, 7) is 5.28. The van der Waals surface area contributed by atoms with Crippen LogP contribution in [0.25, 0.3) is 0 Å². The second-order valence-electron chi connectivity index (χ2n) is 5.67. The van der Waals surface area contributed by atoms with Crippen LogP contribution < -0.4 is 10.0 Å². The molecule has 0 bridgehead atoms. The molecule has 0 amide bonds. The van der Waals surface area contributed by atoms with Gasteiger partial charge in [-0.15, -0.1) is 0 Å². The van der Waals surface area contributed by atoms with Crippen LogP contribution in [0.2, 0.25) is 0 Å². The number of sulfonamides is 1. The first-order chi connectivity index (χ1) is 10.3. The SMILES string of the molecule is COC(=O)c1cc(S(=O)(=O)NC2CNCCC2C)ccc1C. The highest BCUT2D eigenvalue weighted by atomic mass is 32.2. The molecule has 0 saturated carbocycles. The molecule has 122 valence electrons. The smallest absolute Gasteiger partial charge is 0.338 e. The van der Waals surface area contributed by atoms with Gasteiger partial charge in [0.25, 0.3) is 0 Å². The maximum absolute atomic E-state index is 12.5. The monoisotopic (exact) mass is 326 g/mol. The van der Waals surface area contributed by atoms with Crippen LogP contribution in [0.3, 0.4) is 0 Å². The zero-order valence-corrected chi connectivity index (χ0v) is 13.9. The van der Waals surface area contributed by atoms with Crippen molar-refractivity contribution in [3.8, 4) is 0 Å². The van der Waals surface area contributed by atoms with Gasteiger partial charge in [0.2, 0.25) is 10.0 Å². The van der Waals surface area contributed by atoms with Gasteiger partial charge in [0.15, 0.2) is 0 Å². The number of methoxy groups -OCH3 is 1. The number of aryl methyl sites for hydroxylation is 1. The van der Waals surface area contributed by atoms with E-state index in [1.165, 1.54) is 19.2 Å². The Morgan fingerprint density at radius 3 is 2.77 bits per heavy atom. The molecule has 22 heavy (non-hydrogen) atoms. The van der Waals surface area contributed by atoms with Gasteiger partial charge in [0.1, 0.15) is 0 Å². The Morgan fingerprint density at radius 2 is 2.14 bits per heavy atom. The van der Waals surface area contributed by atoms with E-state index in [0.717, 1.165) is 13.0 Å². The van der Waals surface area contributed by atoms with E-state index in [9.17, 15) is 13.2 Å². The van der Waals surface area contributed by atoms with E-state index >= 15 is 0 Å². The van der Waals surface area contributed by atoms with Crippen molar-refractivity contribution in [2.45, 2.75) is 31.2 Å². The molecule has 1 aliphatic rings. The Morgan fingerprint density at radius 1 is 1.41 bits per heavy atom. The fourth-order valence-electron chi connectivity index (χ4n) is 2.51. The van der Waals surface area contributed by atoms with Crippen LogP contribution >= 0.6 is 0 Å². The Bertz CT molecular complexity index is 658. The zero-order valence-electron chi connectivity index (χ0n) is 13.0. The molecule has 1 aromatic carbocycles. The van der Waals surface area contributed by atoms with Crippen molar-refractivity contribution >= 4 is 16.0 Å². The lowest BCUT2D eigenvalue weighted by Crippen LogP contribution is -2.50. The number of ether oxygens (including phenoxy) is 1. The van der Waals surface area contributed by atoms with Gasteiger partial charge in [-0.2, -0.15) is 0 Å². The summed E-state index contributed by atoms with van der Waals surface area (Å²) in [6, 6.07) is 4.33. The Kier molecular flexibility index (Phi) is 5.20. The molecular weight excluding hydrogens is 304 g/mol. The van der Waals surface area contributed by atoms with Gasteiger partial charge in [-0.3, -0.25) is 0 Å². The van der Waals surface area contributed by atoms with Crippen molar-refractivity contribution in [3.05, 3.63) is 29.3 Å². The summed E-state index contributed by atoms with van der Waals surface area (Å²) in [7, 11) is -2.40. The first kappa shape index (κ1) is 16.9. The van der Waals surface area contributed by atoms with Crippen LogP contribution in [0.4, 0.5) is 0 Å². The van der Waals surface area contributed by atoms with Gasteiger partial charge in [-0.05, 0) is 43.5 Å². The van der Waals surface area contributed by atoms with Gasteiger partial charge in [0, 0.05) is 12.6 Å². The number of hydrogen-bond acceptors (Lipinski definition) is 5. The number of hydrogen-bond donors (Lipinski definition) is 2. The summed E-state index contributed by atoms with van der Waals surface area (Å²) in [5.74, 6) is -0.274. The fraction of sp³-hybridized carbons (Fsp3) is 0.533. The van der Waals surface area contributed by atoms with E-state index < -0.39 is 16.0 Å². The number of nitrogens with one attached hydrogen (secondary N) is 2. The maximum atomic E-state index is 12.5. The second kappa shape index (κ2) is 6.76. The van der Waals surface area contributed by atoms with Crippen LogP contribution in [-0.2, 0) is 14.8 Å². The van der Waals surface area contributed by atoms with Crippen LogP contribution in [0.15, 0.2) is 23.1 Å². The minimum absolute atomic E-state index is 0.0799. The van der Waals surface area contributed by atoms with Crippen molar-refractivity contribution in [3.63, 3.8) is 0 Å². The fourth-order valence-corrected chi connectivity index (χ4v) is 3.88. The van der Waals surface area contributed by atoms with E-state index in [-0.39, 0.29) is 22.4 Å². The molecule has 6 nitrogen and oxygen atoms in total. The van der Waals surface area contributed by atoms with Crippen LogP contribution in [0.1, 0.15) is 29.3 Å². The molecule has 2 atom stereocenters. The molecule has 1 aromatic rings. The third kappa shape index (κ3) is 3.66. The summed E-state index contributed by atoms with van der Waals surface area (Å²) in [4.78, 5) is 11.8. The number of piperidine rings is 1. The average Bonchev–Trinajstić information content (AvgIpc) is 2.49. The van der Waals surface area contributed by atoms with E-state index in [0.29, 0.717) is 12.1 Å². The molecule has 1 aliphatic heterocycles. The maximum Gasteiger partial charge on any atom is 0.338 e. The van der Waals surface area contributed by atoms with Crippen LogP contribution in [-0.4, -0.2) is 40.6 Å². The number of carbonyl (C=O) groups excluding carboxylic acids is 1. The van der Waals surface area contributed by atoms with E-state index in [1.54, 1.807) is 13.0 Å². The number of benzene rings is 1. The molecule has 2 N–H and O–H groups in total. The predicted octanol–water partition coefficient (Wildman–Crippen LogP) is 1.06. The van der Waals surface area contributed by atoms with E-state index in [2.05, 4.69) is 14.8 Å². The van der Waals surface area contributed by atoms with E-state index in [4.69, 9.17) is 0 Å². The minimum atomic E-state index is -3.67. The molecule has 0 radical (unpaired) electrons. The first-order valence-electron chi connectivity index (χ1n) is 7.27. The molecular formula is C15H22N2O4S. The van der Waals surface area contributed by atoms with Crippen molar-refractivity contribution in [1.82, 2.24) is 10.0 Å². The largest absolute Gasteiger partial charge is 0.465 e. The van der Waals surface area contributed by atoms with Crippen molar-refractivity contribution in [1.29, 1.82) is 0 Å². The molecule has 2 unspecified atom stereocenters. The third-order valence-electron chi connectivity index (χ3n) is 4.06. The molecule has 1 fully saturated rings. The van der Waals surface area contributed by atoms with Gasteiger partial charge in [-0.25, -0.2) is 17.9 Å². The summed E-state index contributed by atoms with van der Waals surface area (Å²) in [5, 5.41) is 3.19. The van der Waals surface area contributed by atoms with Crippen molar-refractivity contribution < 1.29 is 17.9 Å². The lowest BCUT2D eigenvalue weighted by atomic mass is 9.96. The van der Waals surface area contributed by atoms with E-state index in [1.807, 2.05) is 6.92 Å². The van der Waals surface area contributed by atoms with Gasteiger partial charge in [0.05, 0.1) is 17.6 Å². The van der Waals surface area contributed by atoms with Crippen molar-refractivity contribution in [2.24, 2.45) is 5.92 Å². The summed E-state index contributed by atoms with van der Waals surface area (Å²) < 4.78 is 32.5. The second-order valence-corrected chi connectivity index (χ2v) is 7.38. The topological polar surface area (TPSA) is 84.5 Å². The minimum Gasteiger partial charge on any atom is -0.465 e. The summed E-state index contributed by atoms with van der Waals surface area (Å²) in [6.07, 6.45) is 0.925. The lowest BCUT2D eigenvalue weighted by molar-refractivity contribution is 0.0599. The molecule has 0 aliphatic carbocycles. The molecule has 0 aromatic heterocycles.